The molecule has 0 bridgehead atoms. The van der Waals surface area contributed by atoms with Crippen molar-refractivity contribution in [3.05, 3.63) is 72.2 Å². The fourth-order valence-electron chi connectivity index (χ4n) is 3.45. The number of hydrogen-bond acceptors (Lipinski definition) is 6. The lowest BCUT2D eigenvalue weighted by Crippen LogP contribution is -2.36. The van der Waals surface area contributed by atoms with Gasteiger partial charge in [0.15, 0.2) is 10.6 Å². The molecule has 0 aliphatic carbocycles. The second-order valence-electron chi connectivity index (χ2n) is 6.06. The van der Waals surface area contributed by atoms with E-state index in [1.165, 1.54) is 0 Å². The Morgan fingerprint density at radius 3 is 2.69 bits per heavy atom. The Balaban J connectivity index is 1.78. The molecule has 4 heterocycles. The van der Waals surface area contributed by atoms with Crippen molar-refractivity contribution in [2.75, 3.05) is 0 Å². The van der Waals surface area contributed by atoms with Gasteiger partial charge in [0, 0.05) is 29.7 Å². The highest BCUT2D eigenvalue weighted by atomic mass is 79.9. The monoisotopic (exact) mass is 408 g/mol. The van der Waals surface area contributed by atoms with Crippen LogP contribution in [0.2, 0.25) is 0 Å². The Kier molecular flexibility index (Phi) is 3.27. The van der Waals surface area contributed by atoms with Crippen LogP contribution in [0.25, 0.3) is 11.1 Å². The van der Waals surface area contributed by atoms with Crippen LogP contribution >= 0.6 is 15.9 Å². The van der Waals surface area contributed by atoms with Gasteiger partial charge in [-0.1, -0.05) is 12.1 Å². The van der Waals surface area contributed by atoms with E-state index in [1.54, 1.807) is 12.4 Å². The lowest BCUT2D eigenvalue weighted by Gasteiger charge is -2.35. The van der Waals surface area contributed by atoms with Crippen molar-refractivity contribution in [2.24, 2.45) is 10.7 Å². The average molecular weight is 409 g/mol. The van der Waals surface area contributed by atoms with Gasteiger partial charge in [-0.3, -0.25) is 4.98 Å². The molecule has 128 valence electrons. The molecule has 1 spiro atoms. The molecule has 6 nitrogen and oxygen atoms in total. The normalized spacial score (nSPS) is 22.8. The first-order chi connectivity index (χ1) is 12.7. The number of aliphatic imine (C=N–C) groups is 1. The molecule has 2 atom stereocenters. The summed E-state index contributed by atoms with van der Waals surface area (Å²) in [4.78, 5) is 13.2. The van der Waals surface area contributed by atoms with E-state index in [1.807, 2.05) is 48.7 Å². The fourth-order valence-corrected chi connectivity index (χ4v) is 4.24. The third-order valence-corrected chi connectivity index (χ3v) is 5.46. The highest BCUT2D eigenvalue weighted by molar-refractivity contribution is 9.09. The van der Waals surface area contributed by atoms with Crippen LogP contribution in [0.15, 0.2) is 66.0 Å². The van der Waals surface area contributed by atoms with Gasteiger partial charge >= 0.3 is 0 Å². The summed E-state index contributed by atoms with van der Waals surface area (Å²) in [5.41, 5.74) is 8.74. The molecule has 1 aromatic carbocycles. The number of nitrogens with zero attached hydrogens (tertiary/aromatic N) is 3. The zero-order valence-corrected chi connectivity index (χ0v) is 15.1. The molecule has 0 amide bonds. The van der Waals surface area contributed by atoms with Crippen molar-refractivity contribution in [1.29, 1.82) is 0 Å². The first-order valence-electron chi connectivity index (χ1n) is 8.03. The third-order valence-electron chi connectivity index (χ3n) is 4.61. The first kappa shape index (κ1) is 15.3. The summed E-state index contributed by atoms with van der Waals surface area (Å²) >= 11 is 3.61. The molecule has 0 saturated heterocycles. The van der Waals surface area contributed by atoms with Crippen molar-refractivity contribution >= 4 is 22.0 Å². The topological polar surface area (TPSA) is 82.6 Å². The van der Waals surface area contributed by atoms with Gasteiger partial charge in [0.05, 0.1) is 5.56 Å². The van der Waals surface area contributed by atoms with E-state index in [0.29, 0.717) is 11.6 Å². The number of amidine groups is 1. The van der Waals surface area contributed by atoms with E-state index < -0.39 is 10.6 Å². The van der Waals surface area contributed by atoms with Gasteiger partial charge in [-0.15, -0.1) is 0 Å². The van der Waals surface area contributed by atoms with Gasteiger partial charge in [0.25, 0.3) is 6.02 Å². The fraction of sp³-hybridized carbons (Fsp3) is 0.105. The lowest BCUT2D eigenvalue weighted by molar-refractivity contribution is 0.236. The minimum atomic E-state index is -0.862. The zero-order chi connectivity index (χ0) is 17.7. The Morgan fingerprint density at radius 1 is 1.04 bits per heavy atom. The molecule has 0 saturated carbocycles. The number of ether oxygens (including phenoxy) is 2. The van der Waals surface area contributed by atoms with Crippen molar-refractivity contribution in [1.82, 2.24) is 9.97 Å². The molecule has 2 unspecified atom stereocenters. The summed E-state index contributed by atoms with van der Waals surface area (Å²) in [6.45, 7) is 0. The summed E-state index contributed by atoms with van der Waals surface area (Å²) in [5, 5.41) is -0.468. The standard InChI is InChI=1S/C19H13BrN4O2/c20-17-19(24-18(21)26-17)13-4-2-8-23-16(13)25-15-6-5-11(9-14(15)19)12-3-1-7-22-10-12/h1-10,17H,(H2,21,24). The molecular weight excluding hydrogens is 396 g/mol. The van der Waals surface area contributed by atoms with Crippen LogP contribution in [0.3, 0.4) is 0 Å². The van der Waals surface area contributed by atoms with Crippen LogP contribution in [0.1, 0.15) is 11.1 Å². The van der Waals surface area contributed by atoms with E-state index in [-0.39, 0.29) is 6.02 Å². The highest BCUT2D eigenvalue weighted by Gasteiger charge is 2.53. The van der Waals surface area contributed by atoms with Crippen molar-refractivity contribution in [2.45, 2.75) is 10.6 Å². The maximum atomic E-state index is 6.03. The van der Waals surface area contributed by atoms with Gasteiger partial charge in [-0.05, 0) is 51.8 Å². The molecule has 2 aromatic heterocycles. The van der Waals surface area contributed by atoms with E-state index in [9.17, 15) is 0 Å². The maximum Gasteiger partial charge on any atom is 0.284 e. The summed E-state index contributed by atoms with van der Waals surface area (Å²) < 4.78 is 11.7. The second-order valence-corrected chi connectivity index (χ2v) is 6.89. The number of nitrogens with two attached hydrogens (primary N) is 1. The van der Waals surface area contributed by atoms with E-state index in [0.717, 1.165) is 22.3 Å². The Morgan fingerprint density at radius 2 is 1.92 bits per heavy atom. The molecule has 3 aromatic rings. The van der Waals surface area contributed by atoms with Crippen molar-refractivity contribution in [3.8, 4) is 22.8 Å². The van der Waals surface area contributed by atoms with Crippen LogP contribution in [0, 0.1) is 0 Å². The molecule has 7 heteroatoms. The van der Waals surface area contributed by atoms with Gasteiger partial charge in [0.1, 0.15) is 5.75 Å². The van der Waals surface area contributed by atoms with Crippen molar-refractivity contribution < 1.29 is 9.47 Å². The van der Waals surface area contributed by atoms with Crippen LogP contribution in [-0.4, -0.2) is 21.0 Å². The van der Waals surface area contributed by atoms with E-state index in [2.05, 4.69) is 30.9 Å². The van der Waals surface area contributed by atoms with Gasteiger partial charge in [-0.2, -0.15) is 0 Å². The summed E-state index contributed by atoms with van der Waals surface area (Å²) in [6, 6.07) is 13.8. The second kappa shape index (κ2) is 5.54. The van der Waals surface area contributed by atoms with Crippen LogP contribution in [0.5, 0.6) is 11.6 Å². The number of hydrogen-bond donors (Lipinski definition) is 1. The first-order valence-corrected chi connectivity index (χ1v) is 8.94. The number of alkyl halides is 1. The molecule has 2 N–H and O–H groups in total. The minimum absolute atomic E-state index is 0.126. The zero-order valence-electron chi connectivity index (χ0n) is 13.5. The summed E-state index contributed by atoms with van der Waals surface area (Å²) in [5.74, 6) is 1.18. The van der Waals surface area contributed by atoms with Crippen molar-refractivity contribution in [3.63, 3.8) is 0 Å². The van der Waals surface area contributed by atoms with Gasteiger partial charge < -0.3 is 15.2 Å². The number of halogens is 1. The van der Waals surface area contributed by atoms with Crippen LogP contribution < -0.4 is 10.5 Å². The predicted octanol–water partition coefficient (Wildman–Crippen LogP) is 3.56. The molecule has 26 heavy (non-hydrogen) atoms. The molecule has 5 rings (SSSR count). The minimum Gasteiger partial charge on any atom is -0.447 e. The van der Waals surface area contributed by atoms with Crippen LogP contribution in [0.4, 0.5) is 0 Å². The smallest absolute Gasteiger partial charge is 0.284 e. The quantitative estimate of drug-likeness (QED) is 0.622. The lowest BCUT2D eigenvalue weighted by atomic mass is 9.81. The molecule has 0 fully saturated rings. The van der Waals surface area contributed by atoms with E-state index >= 15 is 0 Å². The molecule has 0 radical (unpaired) electrons. The SMILES string of the molecule is NC1=NC2(c3cc(-c4cccnc4)ccc3Oc3ncccc32)C(Br)O1. The highest BCUT2D eigenvalue weighted by Crippen LogP contribution is 2.54. The number of aromatic nitrogens is 2. The predicted molar refractivity (Wildman–Crippen MR) is 100 cm³/mol. The maximum absolute atomic E-state index is 6.03. The van der Waals surface area contributed by atoms with Crippen LogP contribution in [-0.2, 0) is 10.3 Å². The molecule has 2 aliphatic rings. The third kappa shape index (κ3) is 2.07. The van der Waals surface area contributed by atoms with Gasteiger partial charge in [-0.25, -0.2) is 9.98 Å². The Hall–Kier alpha value is -2.93. The van der Waals surface area contributed by atoms with E-state index in [4.69, 9.17) is 15.2 Å². The Bertz CT molecular complexity index is 1040. The largest absolute Gasteiger partial charge is 0.447 e. The molecular formula is C19H13BrN4O2. The van der Waals surface area contributed by atoms with Gasteiger partial charge in [0.2, 0.25) is 5.88 Å². The average Bonchev–Trinajstić information content (AvgIpc) is 2.97. The number of rotatable bonds is 1. The Labute approximate surface area is 157 Å². The summed E-state index contributed by atoms with van der Waals surface area (Å²) in [7, 11) is 0. The number of pyridine rings is 2. The number of benzene rings is 1. The molecule has 2 aliphatic heterocycles. The summed E-state index contributed by atoms with van der Waals surface area (Å²) in [6.07, 6.45) is 5.26. The number of fused-ring (bicyclic) bond motifs is 4.